The summed E-state index contributed by atoms with van der Waals surface area (Å²) in [5.41, 5.74) is 0. The predicted octanol–water partition coefficient (Wildman–Crippen LogP) is 12.8. The second kappa shape index (κ2) is 45.8. The SMILES string of the molecule is CC/C=C\C/C=C\C/C=C\C/C=C\CCCCCCCCCCCCCCC(=O)OC(COCCCCCCCC/C=C\C/C=C\CCCCC)COC1OC(CO)C(O)C(O)C1O. The largest absolute Gasteiger partial charge is 0.457 e. The lowest BCUT2D eigenvalue weighted by atomic mass is 9.99. The number of carbonyl (C=O) groups excluding carboxylic acids is 1. The molecule has 0 spiro atoms. The van der Waals surface area contributed by atoms with Crippen molar-refractivity contribution in [3.05, 3.63) is 72.9 Å². The molecular formula is C55H96O9. The highest BCUT2D eigenvalue weighted by Crippen LogP contribution is 2.23. The number of hydrogen-bond donors (Lipinski definition) is 4. The molecule has 4 N–H and O–H groups in total. The second-order valence-electron chi connectivity index (χ2n) is 17.6. The molecule has 0 aromatic rings. The Hall–Kier alpha value is -2.37. The van der Waals surface area contributed by atoms with Gasteiger partial charge in [0.15, 0.2) is 6.29 Å². The molecule has 0 amide bonds. The maximum Gasteiger partial charge on any atom is 0.306 e. The molecule has 1 fully saturated rings. The van der Waals surface area contributed by atoms with Crippen LogP contribution in [0.2, 0.25) is 0 Å². The fourth-order valence-electron chi connectivity index (χ4n) is 7.57. The first-order chi connectivity index (χ1) is 31.4. The van der Waals surface area contributed by atoms with Crippen LogP contribution in [0, 0.1) is 0 Å². The summed E-state index contributed by atoms with van der Waals surface area (Å²) in [5.74, 6) is -0.321. The van der Waals surface area contributed by atoms with E-state index in [4.69, 9.17) is 18.9 Å². The number of allylic oxidation sites excluding steroid dienone is 12. The molecule has 1 rings (SSSR count). The maximum absolute atomic E-state index is 12.8. The van der Waals surface area contributed by atoms with Crippen molar-refractivity contribution in [3.63, 3.8) is 0 Å². The van der Waals surface area contributed by atoms with E-state index in [0.29, 0.717) is 13.0 Å². The number of carbonyl (C=O) groups is 1. The fraction of sp³-hybridized carbons (Fsp3) is 0.764. The van der Waals surface area contributed by atoms with Crippen molar-refractivity contribution in [1.82, 2.24) is 0 Å². The highest BCUT2D eigenvalue weighted by atomic mass is 16.7. The van der Waals surface area contributed by atoms with E-state index in [1.165, 1.54) is 109 Å². The zero-order chi connectivity index (χ0) is 46.4. The Balaban J connectivity index is 2.19. The third kappa shape index (κ3) is 35.8. The molecule has 0 bridgehead atoms. The summed E-state index contributed by atoms with van der Waals surface area (Å²) in [5, 5.41) is 40.2. The van der Waals surface area contributed by atoms with Gasteiger partial charge in [0.05, 0.1) is 19.8 Å². The van der Waals surface area contributed by atoms with Crippen LogP contribution in [0.1, 0.15) is 206 Å². The first kappa shape index (κ1) is 59.6. The molecule has 0 aromatic heterocycles. The van der Waals surface area contributed by atoms with Crippen molar-refractivity contribution in [1.29, 1.82) is 0 Å². The van der Waals surface area contributed by atoms with Gasteiger partial charge in [-0.15, -0.1) is 0 Å². The first-order valence-electron chi connectivity index (χ1n) is 26.0. The average molecular weight is 901 g/mol. The Morgan fingerprint density at radius 3 is 1.44 bits per heavy atom. The highest BCUT2D eigenvalue weighted by Gasteiger charge is 2.44. The highest BCUT2D eigenvalue weighted by molar-refractivity contribution is 5.69. The molecule has 1 heterocycles. The Bertz CT molecular complexity index is 1210. The molecule has 64 heavy (non-hydrogen) atoms. The standard InChI is InChI=1S/C55H96O9/c1-3-5-7-9-11-13-15-17-19-21-22-23-24-25-26-27-28-29-30-32-34-36-38-40-42-44-51(57)63-49(48-62-55-54(60)53(59)52(58)50(46-56)64-55)47-61-45-43-41-39-37-35-33-31-20-18-16-14-12-10-8-6-4-2/h5,7,11-14,17-20,22-23,49-50,52-56,58-60H,3-4,6,8-10,15-16,21,24-48H2,1-2H3/b7-5-,13-11-,14-12-,19-17-,20-18-,23-22-. The summed E-state index contributed by atoms with van der Waals surface area (Å²) in [6, 6.07) is 0. The molecule has 0 aliphatic carbocycles. The minimum absolute atomic E-state index is 0.121. The van der Waals surface area contributed by atoms with Gasteiger partial charge in [-0.25, -0.2) is 0 Å². The molecule has 370 valence electrons. The van der Waals surface area contributed by atoms with Crippen LogP contribution in [0.25, 0.3) is 0 Å². The van der Waals surface area contributed by atoms with Gasteiger partial charge in [-0.3, -0.25) is 4.79 Å². The first-order valence-corrected chi connectivity index (χ1v) is 26.0. The average Bonchev–Trinajstić information content (AvgIpc) is 3.30. The predicted molar refractivity (Wildman–Crippen MR) is 265 cm³/mol. The zero-order valence-corrected chi connectivity index (χ0v) is 40.8. The van der Waals surface area contributed by atoms with Gasteiger partial charge in [0.2, 0.25) is 0 Å². The number of aliphatic hydroxyl groups excluding tert-OH is 4. The number of esters is 1. The van der Waals surface area contributed by atoms with Gasteiger partial charge in [-0.2, -0.15) is 0 Å². The van der Waals surface area contributed by atoms with Gasteiger partial charge < -0.3 is 39.4 Å². The molecule has 1 aliphatic rings. The molecule has 9 heteroatoms. The van der Waals surface area contributed by atoms with E-state index in [1.54, 1.807) is 0 Å². The molecule has 6 unspecified atom stereocenters. The summed E-state index contributed by atoms with van der Waals surface area (Å²) >= 11 is 0. The van der Waals surface area contributed by atoms with Crippen LogP contribution in [-0.4, -0.2) is 89.6 Å². The van der Waals surface area contributed by atoms with E-state index in [2.05, 4.69) is 86.8 Å². The minimum atomic E-state index is -1.54. The molecule has 1 saturated heterocycles. The van der Waals surface area contributed by atoms with Gasteiger partial charge in [0.25, 0.3) is 0 Å². The second-order valence-corrected chi connectivity index (χ2v) is 17.6. The molecule has 6 atom stereocenters. The normalized spacial score (nSPS) is 20.1. The van der Waals surface area contributed by atoms with Crippen LogP contribution in [0.3, 0.4) is 0 Å². The molecule has 0 radical (unpaired) electrons. The number of unbranched alkanes of at least 4 members (excludes halogenated alkanes) is 21. The molecule has 1 aliphatic heterocycles. The smallest absolute Gasteiger partial charge is 0.306 e. The van der Waals surface area contributed by atoms with Gasteiger partial charge in [0.1, 0.15) is 30.5 Å². The van der Waals surface area contributed by atoms with E-state index in [0.717, 1.165) is 77.0 Å². The van der Waals surface area contributed by atoms with Crippen molar-refractivity contribution < 1.29 is 44.2 Å². The topological polar surface area (TPSA) is 135 Å². The lowest BCUT2D eigenvalue weighted by Crippen LogP contribution is -2.59. The minimum Gasteiger partial charge on any atom is -0.457 e. The van der Waals surface area contributed by atoms with E-state index >= 15 is 0 Å². The van der Waals surface area contributed by atoms with Gasteiger partial charge >= 0.3 is 5.97 Å². The van der Waals surface area contributed by atoms with E-state index in [-0.39, 0.29) is 19.2 Å². The Kier molecular flexibility index (Phi) is 42.7. The third-order valence-corrected chi connectivity index (χ3v) is 11.6. The number of hydrogen-bond acceptors (Lipinski definition) is 9. The van der Waals surface area contributed by atoms with Crippen molar-refractivity contribution in [2.75, 3.05) is 26.4 Å². The van der Waals surface area contributed by atoms with E-state index < -0.39 is 43.4 Å². The molecule has 0 saturated carbocycles. The van der Waals surface area contributed by atoms with Crippen LogP contribution in [0.15, 0.2) is 72.9 Å². The van der Waals surface area contributed by atoms with Crippen LogP contribution in [0.5, 0.6) is 0 Å². The van der Waals surface area contributed by atoms with Crippen LogP contribution in [-0.2, 0) is 23.7 Å². The Labute approximate surface area is 391 Å². The van der Waals surface area contributed by atoms with Gasteiger partial charge in [-0.1, -0.05) is 189 Å². The summed E-state index contributed by atoms with van der Waals surface area (Å²) in [6.45, 7) is 4.40. The molecule has 9 nitrogen and oxygen atoms in total. The van der Waals surface area contributed by atoms with Crippen molar-refractivity contribution in [3.8, 4) is 0 Å². The van der Waals surface area contributed by atoms with Crippen molar-refractivity contribution in [2.45, 2.75) is 243 Å². The lowest BCUT2D eigenvalue weighted by molar-refractivity contribution is -0.305. The maximum atomic E-state index is 12.8. The zero-order valence-electron chi connectivity index (χ0n) is 40.8. The van der Waals surface area contributed by atoms with Gasteiger partial charge in [0, 0.05) is 13.0 Å². The lowest BCUT2D eigenvalue weighted by Gasteiger charge is -2.39. The summed E-state index contributed by atoms with van der Waals surface area (Å²) in [6.07, 6.45) is 53.6. The van der Waals surface area contributed by atoms with Crippen molar-refractivity contribution in [2.24, 2.45) is 0 Å². The monoisotopic (exact) mass is 901 g/mol. The Morgan fingerprint density at radius 2 is 0.953 bits per heavy atom. The van der Waals surface area contributed by atoms with E-state index in [1.807, 2.05) is 0 Å². The number of aliphatic hydroxyl groups is 4. The van der Waals surface area contributed by atoms with Crippen LogP contribution < -0.4 is 0 Å². The van der Waals surface area contributed by atoms with Crippen LogP contribution in [0.4, 0.5) is 0 Å². The molecular weight excluding hydrogens is 805 g/mol. The molecule has 0 aromatic carbocycles. The Morgan fingerprint density at radius 1 is 0.516 bits per heavy atom. The van der Waals surface area contributed by atoms with Gasteiger partial charge in [-0.05, 0) is 83.5 Å². The summed E-state index contributed by atoms with van der Waals surface area (Å²) in [7, 11) is 0. The fourth-order valence-corrected chi connectivity index (χ4v) is 7.57. The number of rotatable bonds is 44. The quantitative estimate of drug-likeness (QED) is 0.0268. The summed E-state index contributed by atoms with van der Waals surface area (Å²) < 4.78 is 22.9. The number of ether oxygens (including phenoxy) is 4. The summed E-state index contributed by atoms with van der Waals surface area (Å²) in [4.78, 5) is 12.8. The van der Waals surface area contributed by atoms with E-state index in [9.17, 15) is 25.2 Å². The third-order valence-electron chi connectivity index (χ3n) is 11.6. The van der Waals surface area contributed by atoms with Crippen molar-refractivity contribution >= 4 is 5.97 Å². The van der Waals surface area contributed by atoms with Crippen LogP contribution >= 0.6 is 0 Å².